The molecule has 0 saturated carbocycles. The highest BCUT2D eigenvalue weighted by molar-refractivity contribution is 8.47. The normalized spacial score (nSPS) is 12.0. The van der Waals surface area contributed by atoms with Crippen molar-refractivity contribution in [3.63, 3.8) is 0 Å². The minimum absolute atomic E-state index is 0. The Labute approximate surface area is 260 Å². The van der Waals surface area contributed by atoms with E-state index in [2.05, 4.69) is 187 Å². The molecule has 0 aliphatic carbocycles. The molecule has 1 nitrogen and oxygen atoms in total. The molecule has 0 fully saturated rings. The lowest BCUT2D eigenvalue weighted by Gasteiger charge is -2.30. The maximum Gasteiger partial charge on any atom is 0.142 e. The second-order valence-electron chi connectivity index (χ2n) is 9.70. The first kappa shape index (κ1) is 30.7. The fourth-order valence-corrected chi connectivity index (χ4v) is 23.0. The molecule has 6 heteroatoms. The summed E-state index contributed by atoms with van der Waals surface area (Å²) in [5, 5.41) is 8.48. The van der Waals surface area contributed by atoms with Gasteiger partial charge >= 0.3 is 0 Å². The third kappa shape index (κ3) is 6.16. The molecule has 1 N–H and O–H groups in total. The Morgan fingerprint density at radius 2 is 0.452 bits per heavy atom. The van der Waals surface area contributed by atoms with Gasteiger partial charge in [0.1, 0.15) is 62.6 Å². The first-order chi connectivity index (χ1) is 20.3. The van der Waals surface area contributed by atoms with E-state index in [0.717, 1.165) is 0 Å². The van der Waals surface area contributed by atoms with Crippen LogP contribution in [0.15, 0.2) is 182 Å². The molecule has 6 aromatic rings. The van der Waals surface area contributed by atoms with Gasteiger partial charge < -0.3 is 0 Å². The maximum absolute atomic E-state index is 4.21. The third-order valence-corrected chi connectivity index (χ3v) is 24.0. The second-order valence-corrected chi connectivity index (χ2v) is 22.3. The van der Waals surface area contributed by atoms with Crippen LogP contribution < -0.4 is 36.7 Å². The topological polar surface area (TPSA) is 12.0 Å². The largest absolute Gasteiger partial charge is 0.212 e. The number of hydrogen-bond acceptors (Lipinski definition) is 1. The van der Waals surface area contributed by atoms with Crippen molar-refractivity contribution in [1.82, 2.24) is 4.86 Å². The monoisotopic (exact) mass is 639 g/mol. The Balaban J connectivity index is 0.00000353. The molecular formula is C36H34ClNP4+2. The second kappa shape index (κ2) is 14.6. The average molecular weight is 640 g/mol. The van der Waals surface area contributed by atoms with Crippen LogP contribution in [0.4, 0.5) is 0 Å². The Morgan fingerprint density at radius 3 is 0.619 bits per heavy atom. The summed E-state index contributed by atoms with van der Waals surface area (Å²) in [6.07, 6.45) is 0. The quantitative estimate of drug-likeness (QED) is 0.150. The SMILES string of the molecule is Cl.c1ccc([P+](PNP[P+](c2ccccc2)(c2ccccc2)c2ccccc2)(c2ccccc2)c2ccccc2)cc1. The van der Waals surface area contributed by atoms with Crippen molar-refractivity contribution < 1.29 is 0 Å². The van der Waals surface area contributed by atoms with Crippen LogP contribution in [0.25, 0.3) is 0 Å². The molecule has 0 aliphatic heterocycles. The van der Waals surface area contributed by atoms with Gasteiger partial charge in [-0.3, -0.25) is 0 Å². The van der Waals surface area contributed by atoms with Gasteiger partial charge in [-0.15, -0.1) is 12.4 Å². The Morgan fingerprint density at radius 1 is 0.286 bits per heavy atom. The first-order valence-corrected chi connectivity index (χ1v) is 21.0. The summed E-state index contributed by atoms with van der Waals surface area (Å²) >= 11 is 0. The van der Waals surface area contributed by atoms with Crippen LogP contribution in [0, 0.1) is 0 Å². The number of rotatable bonds is 10. The van der Waals surface area contributed by atoms with E-state index in [9.17, 15) is 0 Å². The van der Waals surface area contributed by atoms with Crippen molar-refractivity contribution in [2.45, 2.75) is 0 Å². The van der Waals surface area contributed by atoms with Gasteiger partial charge in [-0.1, -0.05) is 109 Å². The lowest BCUT2D eigenvalue weighted by atomic mass is 10.4. The summed E-state index contributed by atoms with van der Waals surface area (Å²) in [7, 11) is 1.07. The highest BCUT2D eigenvalue weighted by Gasteiger charge is 2.50. The van der Waals surface area contributed by atoms with Gasteiger partial charge in [0, 0.05) is 0 Å². The number of halogens is 1. The lowest BCUT2D eigenvalue weighted by Crippen LogP contribution is -2.31. The van der Waals surface area contributed by atoms with E-state index >= 15 is 0 Å². The van der Waals surface area contributed by atoms with Gasteiger partial charge in [-0.2, -0.15) is 0 Å². The predicted octanol–water partition coefficient (Wildman–Crippen LogP) is 8.00. The van der Waals surface area contributed by atoms with Gasteiger partial charge in [-0.25, -0.2) is 4.86 Å². The van der Waals surface area contributed by atoms with Crippen molar-refractivity contribution >= 4 is 75.0 Å². The summed E-state index contributed by atoms with van der Waals surface area (Å²) < 4.78 is 0. The minimum Gasteiger partial charge on any atom is -0.212 e. The Kier molecular flexibility index (Phi) is 10.7. The molecule has 0 bridgehead atoms. The summed E-state index contributed by atoms with van der Waals surface area (Å²) in [5.41, 5.74) is 0. The van der Waals surface area contributed by atoms with Gasteiger partial charge in [0.2, 0.25) is 0 Å². The fourth-order valence-electron chi connectivity index (χ4n) is 5.38. The standard InChI is InChI=1S/C36H33NP4.ClH/c1-7-19-31(20-8-1)40(32-21-9-2-10-22-32,33-23-11-3-12-24-33)38-37-39-41(34-25-13-4-14-26-34,35-27-15-5-16-28-35)36-29-17-6-18-30-36;/h1-30,37-39H;1H/q+2;. The van der Waals surface area contributed by atoms with Gasteiger partial charge in [-0.05, 0) is 72.8 Å². The molecule has 6 rings (SSSR count). The predicted molar refractivity (Wildman–Crippen MR) is 197 cm³/mol. The molecule has 0 aliphatic rings. The van der Waals surface area contributed by atoms with E-state index in [-0.39, 0.29) is 12.4 Å². The van der Waals surface area contributed by atoms with E-state index < -0.39 is 13.9 Å². The van der Waals surface area contributed by atoms with E-state index in [0.29, 0.717) is 16.8 Å². The van der Waals surface area contributed by atoms with Crippen molar-refractivity contribution in [1.29, 1.82) is 0 Å². The van der Waals surface area contributed by atoms with Crippen molar-refractivity contribution in [2.24, 2.45) is 0 Å². The number of benzene rings is 6. The third-order valence-electron chi connectivity index (χ3n) is 7.31. The van der Waals surface area contributed by atoms with Crippen LogP contribution in [-0.2, 0) is 0 Å². The molecule has 0 spiro atoms. The van der Waals surface area contributed by atoms with E-state index in [1.54, 1.807) is 0 Å². The summed E-state index contributed by atoms with van der Waals surface area (Å²) in [4.78, 5) is 4.21. The van der Waals surface area contributed by atoms with Crippen molar-refractivity contribution in [3.05, 3.63) is 182 Å². The smallest absolute Gasteiger partial charge is 0.142 e. The van der Waals surface area contributed by atoms with Crippen LogP contribution in [0.3, 0.4) is 0 Å². The zero-order chi connectivity index (χ0) is 27.8. The molecule has 0 saturated heterocycles. The van der Waals surface area contributed by atoms with Crippen LogP contribution in [0.2, 0.25) is 0 Å². The minimum atomic E-state index is -1.97. The van der Waals surface area contributed by atoms with Crippen LogP contribution in [0.1, 0.15) is 0 Å². The van der Waals surface area contributed by atoms with Crippen LogP contribution in [0.5, 0.6) is 0 Å². The van der Waals surface area contributed by atoms with Gasteiger partial charge in [0.25, 0.3) is 0 Å². The number of hydrogen-bond donors (Lipinski definition) is 1. The molecule has 6 aromatic carbocycles. The molecule has 208 valence electrons. The van der Waals surface area contributed by atoms with Crippen LogP contribution in [-0.4, -0.2) is 0 Å². The van der Waals surface area contributed by atoms with Gasteiger partial charge in [0.05, 0.1) is 0 Å². The van der Waals surface area contributed by atoms with E-state index in [1.807, 2.05) is 0 Å². The summed E-state index contributed by atoms with van der Waals surface area (Å²) in [5.74, 6) is 0. The highest BCUT2D eigenvalue weighted by Crippen LogP contribution is 2.76. The Hall–Kier alpha value is -2.71. The average Bonchev–Trinajstić information content (AvgIpc) is 3.08. The van der Waals surface area contributed by atoms with E-state index in [1.165, 1.54) is 31.8 Å². The fraction of sp³-hybridized carbons (Fsp3) is 0. The van der Waals surface area contributed by atoms with E-state index in [4.69, 9.17) is 0 Å². The van der Waals surface area contributed by atoms with Crippen LogP contribution >= 0.6 is 43.1 Å². The Bertz CT molecular complexity index is 1320. The molecular weight excluding hydrogens is 606 g/mol. The molecule has 2 unspecified atom stereocenters. The molecule has 42 heavy (non-hydrogen) atoms. The number of nitrogens with one attached hydrogen (secondary N) is 1. The zero-order valence-corrected chi connectivity index (χ0v) is 27.7. The van der Waals surface area contributed by atoms with Crippen molar-refractivity contribution in [2.75, 3.05) is 0 Å². The lowest BCUT2D eigenvalue weighted by molar-refractivity contribution is 1.71. The van der Waals surface area contributed by atoms with Crippen molar-refractivity contribution in [3.8, 4) is 0 Å². The highest BCUT2D eigenvalue weighted by atomic mass is 35.5. The molecule has 0 amide bonds. The molecule has 0 heterocycles. The summed E-state index contributed by atoms with van der Waals surface area (Å²) in [6, 6.07) is 67.1. The molecule has 2 atom stereocenters. The van der Waals surface area contributed by atoms with Gasteiger partial charge in [0.15, 0.2) is 0 Å². The zero-order valence-electron chi connectivity index (χ0n) is 23.1. The molecule has 0 aromatic heterocycles. The first-order valence-electron chi connectivity index (χ1n) is 13.8. The maximum atomic E-state index is 4.21. The molecule has 0 radical (unpaired) electrons. The summed E-state index contributed by atoms with van der Waals surface area (Å²) in [6.45, 7) is -3.95.